The average molecular weight is 656 g/mol. The minimum Gasteiger partial charge on any atom is -0.497 e. The number of nitrogens with zero attached hydrogens (tertiary/aromatic N) is 2. The van der Waals surface area contributed by atoms with Crippen molar-refractivity contribution in [2.75, 3.05) is 14.2 Å². The van der Waals surface area contributed by atoms with Gasteiger partial charge in [-0.05, 0) is 77.6 Å². The zero-order valence-electron chi connectivity index (χ0n) is 24.6. The second-order valence-electron chi connectivity index (χ2n) is 10.8. The molecule has 1 aliphatic heterocycles. The van der Waals surface area contributed by atoms with Crippen LogP contribution in [0.25, 0.3) is 11.8 Å². The molecule has 2 heterocycles. The van der Waals surface area contributed by atoms with Crippen molar-refractivity contribution in [1.82, 2.24) is 4.57 Å². The van der Waals surface area contributed by atoms with Crippen molar-refractivity contribution in [2.24, 2.45) is 4.99 Å². The minimum atomic E-state index is -0.285. The molecule has 226 valence electrons. The van der Waals surface area contributed by atoms with Crippen molar-refractivity contribution >= 4 is 46.3 Å². The van der Waals surface area contributed by atoms with E-state index < -0.39 is 0 Å². The molecule has 0 radical (unpaired) electrons. The lowest BCUT2D eigenvalue weighted by atomic mass is 9.83. The van der Waals surface area contributed by atoms with Gasteiger partial charge in [-0.1, -0.05) is 83.1 Å². The summed E-state index contributed by atoms with van der Waals surface area (Å²) in [4.78, 5) is 19.9. The van der Waals surface area contributed by atoms with Crippen LogP contribution in [0.3, 0.4) is 0 Å². The van der Waals surface area contributed by atoms with Gasteiger partial charge in [0.05, 0.1) is 30.5 Å². The molecule has 1 aromatic heterocycles. The van der Waals surface area contributed by atoms with E-state index in [0.29, 0.717) is 30.9 Å². The van der Waals surface area contributed by atoms with Crippen LogP contribution >= 0.6 is 34.5 Å². The van der Waals surface area contributed by atoms with E-state index in [2.05, 4.69) is 24.3 Å². The number of methoxy groups -OCH3 is 2. The predicted octanol–water partition coefficient (Wildman–Crippen LogP) is 7.22. The van der Waals surface area contributed by atoms with E-state index in [0.717, 1.165) is 52.1 Å². The first-order chi connectivity index (χ1) is 21.9. The van der Waals surface area contributed by atoms with Gasteiger partial charge in [-0.2, -0.15) is 0 Å². The fraction of sp³-hybridized carbons (Fsp3) is 0.167. The lowest BCUT2D eigenvalue weighted by molar-refractivity contribution is 0.284. The highest BCUT2D eigenvalue weighted by atomic mass is 35.5. The average Bonchev–Trinajstić information content (AvgIpc) is 3.37. The van der Waals surface area contributed by atoms with Crippen molar-refractivity contribution in [3.63, 3.8) is 0 Å². The molecule has 0 fully saturated rings. The third-order valence-corrected chi connectivity index (χ3v) is 9.74. The number of aromatic nitrogens is 1. The summed E-state index contributed by atoms with van der Waals surface area (Å²) in [6, 6.07) is 27.0. The first kappa shape index (κ1) is 29.4. The van der Waals surface area contributed by atoms with Crippen LogP contribution in [-0.4, -0.2) is 18.8 Å². The van der Waals surface area contributed by atoms with Gasteiger partial charge in [0, 0.05) is 21.2 Å². The monoisotopic (exact) mass is 654 g/mol. The van der Waals surface area contributed by atoms with Gasteiger partial charge in [0.25, 0.3) is 5.56 Å². The summed E-state index contributed by atoms with van der Waals surface area (Å²) in [6.07, 6.45) is 3.60. The number of hydrogen-bond donors (Lipinski definition) is 0. The van der Waals surface area contributed by atoms with E-state index in [-0.39, 0.29) is 18.2 Å². The van der Waals surface area contributed by atoms with Gasteiger partial charge in [0.2, 0.25) is 0 Å². The molecule has 0 amide bonds. The fourth-order valence-corrected chi connectivity index (χ4v) is 7.44. The molecule has 0 unspecified atom stereocenters. The molecular weight excluding hydrogens is 627 g/mol. The number of hydrogen-bond acceptors (Lipinski definition) is 6. The van der Waals surface area contributed by atoms with Crippen molar-refractivity contribution in [3.05, 3.63) is 148 Å². The maximum Gasteiger partial charge on any atom is 0.271 e. The Balaban J connectivity index is 1.30. The molecule has 2 aliphatic rings. The zero-order valence-corrected chi connectivity index (χ0v) is 26.9. The Kier molecular flexibility index (Phi) is 8.00. The molecule has 5 aromatic rings. The summed E-state index contributed by atoms with van der Waals surface area (Å²) < 4.78 is 19.7. The topological polar surface area (TPSA) is 62.0 Å². The van der Waals surface area contributed by atoms with Gasteiger partial charge in [0.15, 0.2) is 16.3 Å². The maximum atomic E-state index is 14.2. The predicted molar refractivity (Wildman–Crippen MR) is 180 cm³/mol. The van der Waals surface area contributed by atoms with Crippen LogP contribution in [-0.2, 0) is 13.0 Å². The van der Waals surface area contributed by atoms with Gasteiger partial charge in [-0.15, -0.1) is 0 Å². The number of fused-ring (bicyclic) bond motifs is 3. The molecule has 0 spiro atoms. The highest BCUT2D eigenvalue weighted by Crippen LogP contribution is 2.41. The van der Waals surface area contributed by atoms with Crippen molar-refractivity contribution in [2.45, 2.75) is 25.5 Å². The Labute approximate surface area is 274 Å². The molecule has 7 rings (SSSR count). The number of allylic oxidation sites excluding steroid dienone is 1. The van der Waals surface area contributed by atoms with Gasteiger partial charge >= 0.3 is 0 Å². The third-order valence-electron chi connectivity index (χ3n) is 8.17. The lowest BCUT2D eigenvalue weighted by Crippen LogP contribution is -2.38. The summed E-state index contributed by atoms with van der Waals surface area (Å²) >= 11 is 13.7. The maximum absolute atomic E-state index is 14.2. The van der Waals surface area contributed by atoms with E-state index in [9.17, 15) is 4.79 Å². The summed E-state index contributed by atoms with van der Waals surface area (Å²) in [6.45, 7) is 0.252. The molecule has 0 saturated heterocycles. The van der Waals surface area contributed by atoms with E-state index in [1.54, 1.807) is 26.4 Å². The number of aryl methyl sites for hydroxylation is 1. The normalized spacial score (nSPS) is 15.6. The third kappa shape index (κ3) is 5.56. The molecule has 45 heavy (non-hydrogen) atoms. The summed E-state index contributed by atoms with van der Waals surface area (Å²) in [5.41, 5.74) is 7.03. The molecule has 4 aromatic carbocycles. The Hall–Kier alpha value is -4.30. The van der Waals surface area contributed by atoms with Crippen LogP contribution < -0.4 is 29.1 Å². The van der Waals surface area contributed by atoms with E-state index >= 15 is 0 Å². The van der Waals surface area contributed by atoms with E-state index in [1.165, 1.54) is 16.9 Å². The molecule has 0 N–H and O–H groups in total. The Morgan fingerprint density at radius 2 is 1.80 bits per heavy atom. The van der Waals surface area contributed by atoms with E-state index in [1.807, 2.05) is 59.2 Å². The van der Waals surface area contributed by atoms with Gasteiger partial charge < -0.3 is 14.2 Å². The molecule has 1 atom stereocenters. The van der Waals surface area contributed by atoms with Gasteiger partial charge in [-0.3, -0.25) is 9.36 Å². The van der Waals surface area contributed by atoms with Crippen LogP contribution in [0, 0.1) is 0 Å². The lowest BCUT2D eigenvalue weighted by Gasteiger charge is -2.31. The Morgan fingerprint density at radius 1 is 0.933 bits per heavy atom. The summed E-state index contributed by atoms with van der Waals surface area (Å²) in [5, 5.41) is 1.10. The second kappa shape index (κ2) is 12.2. The second-order valence-corrected chi connectivity index (χ2v) is 12.7. The first-order valence-electron chi connectivity index (χ1n) is 14.5. The smallest absolute Gasteiger partial charge is 0.271 e. The molecule has 0 saturated carbocycles. The van der Waals surface area contributed by atoms with Crippen LogP contribution in [0.2, 0.25) is 10.0 Å². The minimum absolute atomic E-state index is 0.0892. The Bertz CT molecular complexity index is 2170. The number of thiazole rings is 1. The molecule has 9 heteroatoms. The molecule has 6 nitrogen and oxygen atoms in total. The number of rotatable bonds is 7. The van der Waals surface area contributed by atoms with Crippen molar-refractivity contribution in [1.29, 1.82) is 0 Å². The van der Waals surface area contributed by atoms with Crippen LogP contribution in [0.1, 0.15) is 40.3 Å². The highest BCUT2D eigenvalue weighted by Gasteiger charge is 2.32. The van der Waals surface area contributed by atoms with Crippen LogP contribution in [0.5, 0.6) is 17.2 Å². The van der Waals surface area contributed by atoms with Gasteiger partial charge in [0.1, 0.15) is 12.4 Å². The highest BCUT2D eigenvalue weighted by molar-refractivity contribution is 7.07. The summed E-state index contributed by atoms with van der Waals surface area (Å²) in [7, 11) is 3.25. The number of ether oxygens (including phenoxy) is 3. The standard InChI is InChI=1S/C36H28Cl2N2O4S/c1-42-26-8-5-7-23(18-26)34-28-14-12-22-6-3-4-9-27(22)33(28)39-36-40(34)35(41)32(45-36)17-21-10-15-30(31(16-21)43-2)44-20-24-11-13-25(37)19-29(24)38/h3-11,13,15-19,34H,12,14,20H2,1-2H3/b32-17+/t34-/m0/s1. The molecular formula is C36H28Cl2N2O4S. The zero-order chi connectivity index (χ0) is 31.1. The molecule has 0 bridgehead atoms. The van der Waals surface area contributed by atoms with Crippen LogP contribution in [0.4, 0.5) is 0 Å². The largest absolute Gasteiger partial charge is 0.497 e. The van der Waals surface area contributed by atoms with Crippen LogP contribution in [0.15, 0.2) is 100 Å². The number of benzene rings is 4. The van der Waals surface area contributed by atoms with Crippen molar-refractivity contribution in [3.8, 4) is 17.2 Å². The Morgan fingerprint density at radius 3 is 2.62 bits per heavy atom. The number of halogens is 2. The quantitative estimate of drug-likeness (QED) is 0.186. The summed E-state index contributed by atoms with van der Waals surface area (Å²) in [5.74, 6) is 1.85. The van der Waals surface area contributed by atoms with Gasteiger partial charge in [-0.25, -0.2) is 4.99 Å². The SMILES string of the molecule is COc1cccc([C@H]2C3=C(N=c4s/c(=C/c5ccc(OCc6ccc(Cl)cc6Cl)c(OC)c5)c(=O)n42)c2ccccc2CC3)c1. The fourth-order valence-electron chi connectivity index (χ4n) is 5.97. The van der Waals surface area contributed by atoms with E-state index in [4.69, 9.17) is 42.4 Å². The first-order valence-corrected chi connectivity index (χ1v) is 16.0. The van der Waals surface area contributed by atoms with Crippen molar-refractivity contribution < 1.29 is 14.2 Å². The molecule has 1 aliphatic carbocycles.